The molecule has 2 saturated heterocycles. The van der Waals surface area contributed by atoms with Gasteiger partial charge in [-0.3, -0.25) is 4.79 Å². The van der Waals surface area contributed by atoms with E-state index in [-0.39, 0.29) is 11.9 Å². The highest BCUT2D eigenvalue weighted by molar-refractivity contribution is 7.99. The molecule has 0 spiro atoms. The molecule has 2 fully saturated rings. The molecule has 0 aromatic carbocycles. The summed E-state index contributed by atoms with van der Waals surface area (Å²) in [5.74, 6) is -0.438. The van der Waals surface area contributed by atoms with Crippen molar-refractivity contribution in [2.45, 2.75) is 19.0 Å². The van der Waals surface area contributed by atoms with Gasteiger partial charge in [0.25, 0.3) is 0 Å². The first-order valence-corrected chi connectivity index (χ1v) is 6.83. The van der Waals surface area contributed by atoms with Crippen LogP contribution < -0.4 is 5.32 Å². The Labute approximate surface area is 108 Å². The number of urea groups is 1. The number of aliphatic carboxylic acids is 1. The van der Waals surface area contributed by atoms with Crippen molar-refractivity contribution < 1.29 is 19.5 Å². The molecule has 0 aromatic heterocycles. The van der Waals surface area contributed by atoms with E-state index in [1.54, 1.807) is 6.92 Å². The van der Waals surface area contributed by atoms with E-state index in [4.69, 9.17) is 5.11 Å². The second-order valence-electron chi connectivity index (χ2n) is 4.27. The van der Waals surface area contributed by atoms with E-state index < -0.39 is 18.1 Å². The van der Waals surface area contributed by atoms with Crippen LogP contribution in [0, 0.1) is 0 Å². The van der Waals surface area contributed by atoms with E-state index in [0.29, 0.717) is 24.7 Å². The van der Waals surface area contributed by atoms with Crippen LogP contribution in [-0.2, 0) is 9.59 Å². The van der Waals surface area contributed by atoms with Crippen molar-refractivity contribution in [1.82, 2.24) is 15.1 Å². The Morgan fingerprint density at radius 1 is 1.44 bits per heavy atom. The summed E-state index contributed by atoms with van der Waals surface area (Å²) in [5, 5.41) is 11.7. The molecule has 2 aliphatic heterocycles. The Balaban J connectivity index is 2.10. The quantitative estimate of drug-likeness (QED) is 0.665. The molecule has 0 bridgehead atoms. The van der Waals surface area contributed by atoms with Crippen molar-refractivity contribution in [2.75, 3.05) is 24.7 Å². The summed E-state index contributed by atoms with van der Waals surface area (Å²) in [6, 6.07) is -1.71. The molecule has 7 nitrogen and oxygen atoms in total. The number of carboxylic acids is 1. The molecule has 1 unspecified atom stereocenters. The number of nitrogens with zero attached hydrogens (tertiary/aromatic N) is 2. The van der Waals surface area contributed by atoms with Crippen molar-refractivity contribution in [3.05, 3.63) is 0 Å². The normalized spacial score (nSPS) is 28.2. The van der Waals surface area contributed by atoms with E-state index in [1.165, 1.54) is 21.6 Å². The minimum atomic E-state index is -0.998. The van der Waals surface area contributed by atoms with Gasteiger partial charge in [-0.05, 0) is 6.92 Å². The molecule has 2 atom stereocenters. The molecule has 2 rings (SSSR count). The summed E-state index contributed by atoms with van der Waals surface area (Å²) >= 11 is 1.41. The van der Waals surface area contributed by atoms with Gasteiger partial charge in [0.2, 0.25) is 5.91 Å². The highest BCUT2D eigenvalue weighted by atomic mass is 32.2. The first-order valence-electron chi connectivity index (χ1n) is 5.68. The molecule has 0 saturated carbocycles. The Kier molecular flexibility index (Phi) is 3.65. The van der Waals surface area contributed by atoms with E-state index in [1.807, 2.05) is 0 Å². The molecule has 2 heterocycles. The van der Waals surface area contributed by atoms with Crippen LogP contribution in [0.15, 0.2) is 0 Å². The van der Waals surface area contributed by atoms with Crippen LogP contribution in [0.2, 0.25) is 0 Å². The number of thioether (sulfide) groups is 1. The summed E-state index contributed by atoms with van der Waals surface area (Å²) in [6.45, 7) is 2.47. The minimum absolute atomic E-state index is 0.201. The third kappa shape index (κ3) is 2.24. The molecule has 0 radical (unpaired) electrons. The molecule has 18 heavy (non-hydrogen) atoms. The van der Waals surface area contributed by atoms with Crippen molar-refractivity contribution in [3.63, 3.8) is 0 Å². The summed E-state index contributed by atoms with van der Waals surface area (Å²) < 4.78 is 0. The zero-order valence-electron chi connectivity index (χ0n) is 9.96. The number of piperazine rings is 1. The van der Waals surface area contributed by atoms with E-state index in [2.05, 4.69) is 5.32 Å². The predicted octanol–water partition coefficient (Wildman–Crippen LogP) is -0.614. The Morgan fingerprint density at radius 3 is 2.83 bits per heavy atom. The maximum Gasteiger partial charge on any atom is 0.327 e. The molecule has 3 amide bonds. The predicted molar refractivity (Wildman–Crippen MR) is 65.2 cm³/mol. The highest BCUT2D eigenvalue weighted by Crippen LogP contribution is 2.23. The molecule has 2 N–H and O–H groups in total. The largest absolute Gasteiger partial charge is 0.480 e. The average molecular weight is 273 g/mol. The number of carbonyl (C=O) groups is 3. The van der Waals surface area contributed by atoms with Crippen LogP contribution in [0.25, 0.3) is 0 Å². The fourth-order valence-electron chi connectivity index (χ4n) is 2.04. The van der Waals surface area contributed by atoms with Crippen LogP contribution in [0.1, 0.15) is 6.92 Å². The van der Waals surface area contributed by atoms with Crippen LogP contribution in [-0.4, -0.2) is 69.6 Å². The molecule has 8 heteroatoms. The van der Waals surface area contributed by atoms with E-state index >= 15 is 0 Å². The van der Waals surface area contributed by atoms with Gasteiger partial charge in [-0.1, -0.05) is 0 Å². The van der Waals surface area contributed by atoms with Crippen LogP contribution in [0.3, 0.4) is 0 Å². The number of rotatable bonds is 1. The number of nitrogens with one attached hydrogen (secondary N) is 1. The number of carboxylic acid groups (broad SMARTS) is 1. The van der Waals surface area contributed by atoms with Gasteiger partial charge in [0.1, 0.15) is 12.1 Å². The molecule has 100 valence electrons. The highest BCUT2D eigenvalue weighted by Gasteiger charge is 2.39. The van der Waals surface area contributed by atoms with Crippen molar-refractivity contribution >= 4 is 29.7 Å². The molecular formula is C10H15N3O4S. The molecule has 0 aromatic rings. The SMILES string of the molecule is CC1C(=O)NCCN1C(=O)N1CSC[C@H]1C(=O)O. The van der Waals surface area contributed by atoms with Crippen LogP contribution in [0.5, 0.6) is 0 Å². The summed E-state index contributed by atoms with van der Waals surface area (Å²) in [7, 11) is 0. The molecular weight excluding hydrogens is 258 g/mol. The Hall–Kier alpha value is -1.44. The van der Waals surface area contributed by atoms with Crippen molar-refractivity contribution in [2.24, 2.45) is 0 Å². The summed E-state index contributed by atoms with van der Waals surface area (Å²) in [6.07, 6.45) is 0. The lowest BCUT2D eigenvalue weighted by molar-refractivity contribution is -0.141. The lowest BCUT2D eigenvalue weighted by atomic mass is 10.2. The van der Waals surface area contributed by atoms with E-state index in [9.17, 15) is 14.4 Å². The minimum Gasteiger partial charge on any atom is -0.480 e. The topological polar surface area (TPSA) is 90.0 Å². The van der Waals surface area contributed by atoms with Gasteiger partial charge in [0.05, 0.1) is 5.88 Å². The number of amides is 3. The lowest BCUT2D eigenvalue weighted by Gasteiger charge is -2.36. The third-order valence-electron chi connectivity index (χ3n) is 3.16. The second kappa shape index (κ2) is 5.05. The summed E-state index contributed by atoms with van der Waals surface area (Å²) in [4.78, 5) is 37.6. The Bertz CT molecular complexity index is 385. The standard InChI is InChI=1S/C10H15N3O4S/c1-6-8(14)11-2-3-12(6)10(17)13-5-18-4-7(13)9(15)16/h6-7H,2-5H2,1H3,(H,11,14)(H,15,16)/t6?,7-/m0/s1. The van der Waals surface area contributed by atoms with Crippen molar-refractivity contribution in [3.8, 4) is 0 Å². The molecule has 2 aliphatic rings. The number of carbonyl (C=O) groups excluding carboxylic acids is 2. The average Bonchev–Trinajstić information content (AvgIpc) is 2.81. The van der Waals surface area contributed by atoms with Crippen molar-refractivity contribution in [1.29, 1.82) is 0 Å². The third-order valence-corrected chi connectivity index (χ3v) is 4.17. The fraction of sp³-hybridized carbons (Fsp3) is 0.700. The molecule has 0 aliphatic carbocycles. The summed E-state index contributed by atoms with van der Waals surface area (Å²) in [5.41, 5.74) is 0. The number of hydrogen-bond donors (Lipinski definition) is 2. The zero-order valence-corrected chi connectivity index (χ0v) is 10.8. The monoisotopic (exact) mass is 273 g/mol. The zero-order chi connectivity index (χ0) is 13.3. The van der Waals surface area contributed by atoms with Gasteiger partial charge >= 0.3 is 12.0 Å². The first kappa shape index (κ1) is 13.0. The van der Waals surface area contributed by atoms with Gasteiger partial charge in [0, 0.05) is 18.8 Å². The van der Waals surface area contributed by atoms with Crippen LogP contribution >= 0.6 is 11.8 Å². The maximum atomic E-state index is 12.3. The first-order chi connectivity index (χ1) is 8.52. The van der Waals surface area contributed by atoms with Crippen LogP contribution in [0.4, 0.5) is 4.79 Å². The number of hydrogen-bond acceptors (Lipinski definition) is 4. The Morgan fingerprint density at radius 2 is 2.17 bits per heavy atom. The van der Waals surface area contributed by atoms with Gasteiger partial charge in [-0.25, -0.2) is 9.59 Å². The fourth-order valence-corrected chi connectivity index (χ4v) is 3.18. The van der Waals surface area contributed by atoms with Gasteiger partial charge in [0.15, 0.2) is 0 Å². The second-order valence-corrected chi connectivity index (χ2v) is 5.27. The van der Waals surface area contributed by atoms with E-state index in [0.717, 1.165) is 0 Å². The van der Waals surface area contributed by atoms with Gasteiger partial charge in [-0.2, -0.15) is 0 Å². The van der Waals surface area contributed by atoms with Gasteiger partial charge in [-0.15, -0.1) is 11.8 Å². The lowest BCUT2D eigenvalue weighted by Crippen LogP contribution is -2.60. The van der Waals surface area contributed by atoms with Gasteiger partial charge < -0.3 is 20.2 Å². The smallest absolute Gasteiger partial charge is 0.327 e. The maximum absolute atomic E-state index is 12.3.